The average molecular weight is 286 g/mol. The van der Waals surface area contributed by atoms with Gasteiger partial charge in [0.2, 0.25) is 0 Å². The predicted molar refractivity (Wildman–Crippen MR) is 80.9 cm³/mol. The summed E-state index contributed by atoms with van der Waals surface area (Å²) >= 11 is 1.66. The predicted octanol–water partition coefficient (Wildman–Crippen LogP) is 2.24. The molecule has 0 aliphatic carbocycles. The van der Waals surface area contributed by atoms with Crippen LogP contribution < -0.4 is 11.0 Å². The number of hydrogen-bond donors (Lipinski definition) is 2. The number of H-pyrrole nitrogens is 1. The molecule has 0 radical (unpaired) electrons. The van der Waals surface area contributed by atoms with Crippen LogP contribution in [0.15, 0.2) is 9.95 Å². The van der Waals surface area contributed by atoms with Gasteiger partial charge in [0.05, 0.1) is 0 Å². The number of rotatable bonds is 10. The third-order valence-electron chi connectivity index (χ3n) is 2.90. The van der Waals surface area contributed by atoms with E-state index in [4.69, 9.17) is 0 Å². The number of nitrogens with one attached hydrogen (secondary N) is 2. The Balaban J connectivity index is 2.55. The van der Waals surface area contributed by atoms with Crippen molar-refractivity contribution in [2.75, 3.05) is 12.3 Å². The lowest BCUT2D eigenvalue weighted by Gasteiger charge is -2.17. The van der Waals surface area contributed by atoms with Gasteiger partial charge in [-0.2, -0.15) is 0 Å². The van der Waals surface area contributed by atoms with Crippen molar-refractivity contribution in [3.8, 4) is 0 Å². The molecule has 0 spiro atoms. The van der Waals surface area contributed by atoms with Gasteiger partial charge in [0.1, 0.15) is 0 Å². The zero-order chi connectivity index (χ0) is 14.1. The summed E-state index contributed by atoms with van der Waals surface area (Å²) in [6.45, 7) is 8.23. The van der Waals surface area contributed by atoms with Crippen molar-refractivity contribution in [1.29, 1.82) is 0 Å². The second-order valence-electron chi connectivity index (χ2n) is 4.71. The van der Waals surface area contributed by atoms with Gasteiger partial charge in [-0.25, -0.2) is 9.89 Å². The molecule has 0 aliphatic heterocycles. The van der Waals surface area contributed by atoms with E-state index in [2.05, 4.69) is 36.3 Å². The third-order valence-corrected chi connectivity index (χ3v) is 4.04. The Morgan fingerprint density at radius 3 is 2.74 bits per heavy atom. The van der Waals surface area contributed by atoms with Crippen LogP contribution in [-0.4, -0.2) is 33.1 Å². The first kappa shape index (κ1) is 16.3. The summed E-state index contributed by atoms with van der Waals surface area (Å²) in [5, 5.41) is 11.0. The minimum atomic E-state index is -0.0992. The van der Waals surface area contributed by atoms with Crippen LogP contribution in [0.3, 0.4) is 0 Å². The van der Waals surface area contributed by atoms with E-state index in [-0.39, 0.29) is 5.69 Å². The minimum Gasteiger partial charge on any atom is -0.313 e. The molecule has 1 rings (SSSR count). The van der Waals surface area contributed by atoms with Crippen molar-refractivity contribution >= 4 is 11.8 Å². The SMILES string of the molecule is CCCNC(CCC)CSc1n[nH]c(=O)n1CCC. The van der Waals surface area contributed by atoms with Gasteiger partial charge in [-0.15, -0.1) is 5.10 Å². The highest BCUT2D eigenvalue weighted by Crippen LogP contribution is 2.16. The lowest BCUT2D eigenvalue weighted by Crippen LogP contribution is -2.32. The van der Waals surface area contributed by atoms with Gasteiger partial charge in [0, 0.05) is 18.3 Å². The van der Waals surface area contributed by atoms with E-state index in [1.165, 1.54) is 6.42 Å². The van der Waals surface area contributed by atoms with Crippen molar-refractivity contribution in [3.63, 3.8) is 0 Å². The molecule has 110 valence electrons. The van der Waals surface area contributed by atoms with Gasteiger partial charge >= 0.3 is 5.69 Å². The highest BCUT2D eigenvalue weighted by Gasteiger charge is 2.12. The number of aromatic nitrogens is 3. The topological polar surface area (TPSA) is 62.7 Å². The molecule has 1 atom stereocenters. The monoisotopic (exact) mass is 286 g/mol. The van der Waals surface area contributed by atoms with E-state index in [0.29, 0.717) is 6.04 Å². The molecular weight excluding hydrogens is 260 g/mol. The Labute approximate surface area is 119 Å². The minimum absolute atomic E-state index is 0.0992. The fourth-order valence-corrected chi connectivity index (χ4v) is 3.03. The second kappa shape index (κ2) is 9.20. The Bertz CT molecular complexity index is 402. The van der Waals surface area contributed by atoms with Gasteiger partial charge in [0.25, 0.3) is 0 Å². The van der Waals surface area contributed by atoms with Crippen LogP contribution in [0.1, 0.15) is 46.5 Å². The fourth-order valence-electron chi connectivity index (χ4n) is 1.95. The molecular formula is C13H26N4OS. The quantitative estimate of drug-likeness (QED) is 0.648. The van der Waals surface area contributed by atoms with Crippen LogP contribution in [0.25, 0.3) is 0 Å². The molecule has 0 aromatic carbocycles. The Hall–Kier alpha value is -0.750. The van der Waals surface area contributed by atoms with E-state index in [1.807, 2.05) is 0 Å². The summed E-state index contributed by atoms with van der Waals surface area (Å²) in [6, 6.07) is 0.497. The highest BCUT2D eigenvalue weighted by atomic mass is 32.2. The lowest BCUT2D eigenvalue weighted by atomic mass is 10.2. The first-order valence-corrected chi connectivity index (χ1v) is 8.22. The summed E-state index contributed by atoms with van der Waals surface area (Å²) in [6.07, 6.45) is 4.42. The molecule has 2 N–H and O–H groups in total. The summed E-state index contributed by atoms with van der Waals surface area (Å²) < 4.78 is 1.73. The van der Waals surface area contributed by atoms with Crippen molar-refractivity contribution in [2.24, 2.45) is 0 Å². The van der Waals surface area contributed by atoms with E-state index in [0.717, 1.165) is 43.3 Å². The highest BCUT2D eigenvalue weighted by molar-refractivity contribution is 7.99. The Morgan fingerprint density at radius 1 is 1.32 bits per heavy atom. The molecule has 1 aromatic rings. The molecule has 1 unspecified atom stereocenters. The molecule has 5 nitrogen and oxygen atoms in total. The standard InChI is InChI=1S/C13H26N4OS/c1-4-7-11(14-8-5-2)10-19-13-16-15-12(18)17(13)9-6-3/h11,14H,4-10H2,1-3H3,(H,15,18). The molecule has 1 aromatic heterocycles. The summed E-state index contributed by atoms with van der Waals surface area (Å²) in [5.41, 5.74) is -0.0992. The molecule has 0 bridgehead atoms. The van der Waals surface area contributed by atoms with E-state index in [9.17, 15) is 4.79 Å². The van der Waals surface area contributed by atoms with Crippen molar-refractivity contribution in [1.82, 2.24) is 20.1 Å². The molecule has 0 saturated heterocycles. The third kappa shape index (κ3) is 5.40. The Kier molecular flexibility index (Phi) is 7.90. The molecule has 0 aliphatic rings. The molecule has 0 fully saturated rings. The fraction of sp³-hybridized carbons (Fsp3) is 0.846. The van der Waals surface area contributed by atoms with E-state index < -0.39 is 0 Å². The number of nitrogens with zero attached hydrogens (tertiary/aromatic N) is 2. The molecule has 1 heterocycles. The molecule has 6 heteroatoms. The molecule has 0 saturated carbocycles. The number of aromatic amines is 1. The molecule has 19 heavy (non-hydrogen) atoms. The van der Waals surface area contributed by atoms with E-state index >= 15 is 0 Å². The number of hydrogen-bond acceptors (Lipinski definition) is 4. The van der Waals surface area contributed by atoms with Crippen LogP contribution in [0.2, 0.25) is 0 Å². The Morgan fingerprint density at radius 2 is 2.11 bits per heavy atom. The summed E-state index contributed by atoms with van der Waals surface area (Å²) in [4.78, 5) is 11.6. The van der Waals surface area contributed by atoms with Gasteiger partial charge in [-0.05, 0) is 25.8 Å². The smallest absolute Gasteiger partial charge is 0.313 e. The van der Waals surface area contributed by atoms with Crippen LogP contribution in [0, 0.1) is 0 Å². The first-order valence-electron chi connectivity index (χ1n) is 7.24. The van der Waals surface area contributed by atoms with Gasteiger partial charge in [-0.3, -0.25) is 4.57 Å². The van der Waals surface area contributed by atoms with Crippen molar-refractivity contribution < 1.29 is 0 Å². The van der Waals surface area contributed by atoms with Crippen molar-refractivity contribution in [2.45, 2.75) is 64.2 Å². The van der Waals surface area contributed by atoms with Gasteiger partial charge < -0.3 is 5.32 Å². The summed E-state index contributed by atoms with van der Waals surface area (Å²) in [5.74, 6) is 0.960. The average Bonchev–Trinajstić information content (AvgIpc) is 2.75. The van der Waals surface area contributed by atoms with Crippen LogP contribution >= 0.6 is 11.8 Å². The maximum absolute atomic E-state index is 11.6. The second-order valence-corrected chi connectivity index (χ2v) is 5.70. The maximum Gasteiger partial charge on any atom is 0.343 e. The zero-order valence-corrected chi connectivity index (χ0v) is 13.1. The van der Waals surface area contributed by atoms with Gasteiger partial charge in [0.15, 0.2) is 5.16 Å². The largest absolute Gasteiger partial charge is 0.343 e. The normalized spacial score (nSPS) is 12.8. The van der Waals surface area contributed by atoms with Crippen LogP contribution in [0.5, 0.6) is 0 Å². The molecule has 0 amide bonds. The van der Waals surface area contributed by atoms with Crippen LogP contribution in [-0.2, 0) is 6.54 Å². The van der Waals surface area contributed by atoms with Crippen molar-refractivity contribution in [3.05, 3.63) is 10.5 Å². The first-order chi connectivity index (χ1) is 9.22. The maximum atomic E-state index is 11.6. The van der Waals surface area contributed by atoms with E-state index in [1.54, 1.807) is 16.3 Å². The van der Waals surface area contributed by atoms with Gasteiger partial charge in [-0.1, -0.05) is 39.0 Å². The zero-order valence-electron chi connectivity index (χ0n) is 12.2. The number of thioether (sulfide) groups is 1. The summed E-state index contributed by atoms with van der Waals surface area (Å²) in [7, 11) is 0. The van der Waals surface area contributed by atoms with Crippen LogP contribution in [0.4, 0.5) is 0 Å². The lowest BCUT2D eigenvalue weighted by molar-refractivity contribution is 0.513.